The molecule has 0 aliphatic rings. The molecular weight excluding hydrogens is 406 g/mol. The normalized spacial score (nSPS) is 12.5. The first-order valence-electron chi connectivity index (χ1n) is 8.74. The number of benzene rings is 1. The van der Waals surface area contributed by atoms with E-state index in [1.807, 2.05) is 13.8 Å². The van der Waals surface area contributed by atoms with Crippen molar-refractivity contribution < 1.29 is 14.7 Å². The highest BCUT2D eigenvalue weighted by Gasteiger charge is 2.25. The van der Waals surface area contributed by atoms with Crippen LogP contribution in [0.25, 0.3) is 0 Å². The number of aromatic hydroxyl groups is 1. The summed E-state index contributed by atoms with van der Waals surface area (Å²) >= 11 is 7.32. The predicted octanol–water partition coefficient (Wildman–Crippen LogP) is 3.11. The van der Waals surface area contributed by atoms with Gasteiger partial charge in [0.25, 0.3) is 10.9 Å². The molecule has 2 rings (SSSR count). The van der Waals surface area contributed by atoms with Crippen LogP contribution in [-0.2, 0) is 9.57 Å². The number of nitrogens with one attached hydrogen (secondary N) is 2. The summed E-state index contributed by atoms with van der Waals surface area (Å²) in [6, 6.07) is 3.02. The molecule has 28 heavy (non-hydrogen) atoms. The first kappa shape index (κ1) is 22.5. The fourth-order valence-electron chi connectivity index (χ4n) is 2.52. The SMILES string of the molecule is CCC(COC)Nc1c(Nc2ccc(Cl)c(SN(CC)OC)c2O)c(=O)c1=O. The molecular formula is C18H24ClN3O5S. The van der Waals surface area contributed by atoms with Crippen LogP contribution < -0.4 is 21.5 Å². The second-order valence-corrected chi connectivity index (χ2v) is 7.34. The van der Waals surface area contributed by atoms with Gasteiger partial charge >= 0.3 is 0 Å². The van der Waals surface area contributed by atoms with Gasteiger partial charge in [-0.3, -0.25) is 14.4 Å². The van der Waals surface area contributed by atoms with Crippen molar-refractivity contribution in [3.8, 4) is 5.75 Å². The lowest BCUT2D eigenvalue weighted by molar-refractivity contribution is -0.0333. The van der Waals surface area contributed by atoms with Gasteiger partial charge in [-0.1, -0.05) is 18.5 Å². The molecule has 0 spiro atoms. The highest BCUT2D eigenvalue weighted by molar-refractivity contribution is 7.97. The van der Waals surface area contributed by atoms with Crippen LogP contribution in [0.4, 0.5) is 17.1 Å². The maximum Gasteiger partial charge on any atom is 0.253 e. The molecule has 0 aliphatic heterocycles. The van der Waals surface area contributed by atoms with Crippen molar-refractivity contribution in [2.24, 2.45) is 0 Å². The van der Waals surface area contributed by atoms with Gasteiger partial charge in [0, 0.05) is 19.7 Å². The molecule has 0 aliphatic carbocycles. The summed E-state index contributed by atoms with van der Waals surface area (Å²) in [5.74, 6) is -0.143. The molecule has 3 N–H and O–H groups in total. The maximum atomic E-state index is 12.1. The van der Waals surface area contributed by atoms with Crippen LogP contribution >= 0.6 is 23.5 Å². The van der Waals surface area contributed by atoms with E-state index in [4.69, 9.17) is 21.2 Å². The molecule has 2 aromatic rings. The van der Waals surface area contributed by atoms with Gasteiger partial charge in [-0.15, -0.1) is 4.47 Å². The van der Waals surface area contributed by atoms with Crippen LogP contribution in [0.1, 0.15) is 20.3 Å². The molecule has 0 aromatic heterocycles. The van der Waals surface area contributed by atoms with Crippen LogP contribution in [0.15, 0.2) is 26.6 Å². The van der Waals surface area contributed by atoms with E-state index in [0.717, 1.165) is 11.9 Å². The highest BCUT2D eigenvalue weighted by atomic mass is 35.5. The summed E-state index contributed by atoms with van der Waals surface area (Å²) in [6.07, 6.45) is 0.711. The summed E-state index contributed by atoms with van der Waals surface area (Å²) in [7, 11) is 3.07. The molecule has 154 valence electrons. The molecule has 0 radical (unpaired) electrons. The van der Waals surface area contributed by atoms with Gasteiger partial charge in [0.2, 0.25) is 0 Å². The molecule has 0 heterocycles. The molecule has 8 nitrogen and oxygen atoms in total. The smallest absolute Gasteiger partial charge is 0.253 e. The summed E-state index contributed by atoms with van der Waals surface area (Å²) in [5.41, 5.74) is -0.701. The van der Waals surface area contributed by atoms with E-state index in [0.29, 0.717) is 29.5 Å². The largest absolute Gasteiger partial charge is 0.505 e. The second kappa shape index (κ2) is 10.1. The Morgan fingerprint density at radius 2 is 1.89 bits per heavy atom. The van der Waals surface area contributed by atoms with Crippen LogP contribution in [0.5, 0.6) is 5.75 Å². The molecule has 0 bridgehead atoms. The Morgan fingerprint density at radius 3 is 2.46 bits per heavy atom. The summed E-state index contributed by atoms with van der Waals surface area (Å²) in [5, 5.41) is 16.8. The zero-order valence-corrected chi connectivity index (χ0v) is 17.7. The zero-order chi connectivity index (χ0) is 20.8. The number of hydrogen-bond acceptors (Lipinski definition) is 9. The molecule has 2 aromatic carbocycles. The summed E-state index contributed by atoms with van der Waals surface area (Å²) in [4.78, 5) is 29.6. The fraction of sp³-hybridized carbons (Fsp3) is 0.444. The van der Waals surface area contributed by atoms with E-state index in [1.54, 1.807) is 13.2 Å². The zero-order valence-electron chi connectivity index (χ0n) is 16.2. The first-order chi connectivity index (χ1) is 13.4. The van der Waals surface area contributed by atoms with E-state index in [-0.39, 0.29) is 28.9 Å². The van der Waals surface area contributed by atoms with Crippen molar-refractivity contribution in [2.75, 3.05) is 38.0 Å². The average Bonchev–Trinajstić information content (AvgIpc) is 2.70. The third-order valence-electron chi connectivity index (χ3n) is 4.12. The summed E-state index contributed by atoms with van der Waals surface area (Å²) in [6.45, 7) is 4.78. The predicted molar refractivity (Wildman–Crippen MR) is 113 cm³/mol. The van der Waals surface area contributed by atoms with Gasteiger partial charge < -0.3 is 20.5 Å². The Morgan fingerprint density at radius 1 is 1.21 bits per heavy atom. The van der Waals surface area contributed by atoms with Crippen molar-refractivity contribution >= 4 is 40.6 Å². The van der Waals surface area contributed by atoms with E-state index in [9.17, 15) is 14.7 Å². The number of methoxy groups -OCH3 is 1. The molecule has 0 amide bonds. The Kier molecular flexibility index (Phi) is 8.14. The topological polar surface area (TPSA) is 100 Å². The minimum Gasteiger partial charge on any atom is -0.505 e. The van der Waals surface area contributed by atoms with Crippen LogP contribution in [0, 0.1) is 0 Å². The highest BCUT2D eigenvalue weighted by Crippen LogP contribution is 2.42. The van der Waals surface area contributed by atoms with Crippen LogP contribution in [-0.4, -0.2) is 43.0 Å². The standard InChI is InChI=1S/C18H24ClN3O5S/c1-5-10(9-26-3)20-13-14(17(25)16(13)24)21-12-8-7-11(19)18(15(12)23)28-22(6-2)27-4/h7-8,10,20-21,23H,5-6,9H2,1-4H3. The molecule has 1 unspecified atom stereocenters. The monoisotopic (exact) mass is 429 g/mol. The van der Waals surface area contributed by atoms with Crippen molar-refractivity contribution in [2.45, 2.75) is 31.2 Å². The Hall–Kier alpha value is -1.78. The van der Waals surface area contributed by atoms with E-state index in [1.165, 1.54) is 17.6 Å². The number of hydroxylamine groups is 1. The lowest BCUT2D eigenvalue weighted by Gasteiger charge is -2.22. The van der Waals surface area contributed by atoms with Gasteiger partial charge in [0.1, 0.15) is 11.4 Å². The Balaban J connectivity index is 2.31. The lowest BCUT2D eigenvalue weighted by Crippen LogP contribution is -2.40. The minimum atomic E-state index is -0.648. The molecule has 0 fully saturated rings. The van der Waals surface area contributed by atoms with Gasteiger partial charge in [0.15, 0.2) is 5.75 Å². The number of nitrogens with zero attached hydrogens (tertiary/aromatic N) is 1. The molecule has 0 saturated heterocycles. The number of ether oxygens (including phenoxy) is 1. The number of hydrogen-bond donors (Lipinski definition) is 3. The van der Waals surface area contributed by atoms with Crippen LogP contribution in [0.2, 0.25) is 5.02 Å². The lowest BCUT2D eigenvalue weighted by atomic mass is 10.1. The van der Waals surface area contributed by atoms with Crippen molar-refractivity contribution in [3.05, 3.63) is 37.6 Å². The number of halogens is 1. The van der Waals surface area contributed by atoms with Crippen molar-refractivity contribution in [3.63, 3.8) is 0 Å². The van der Waals surface area contributed by atoms with Crippen molar-refractivity contribution in [1.29, 1.82) is 0 Å². The molecule has 1 atom stereocenters. The molecule has 0 saturated carbocycles. The average molecular weight is 430 g/mol. The maximum absolute atomic E-state index is 12.1. The Labute approximate surface area is 172 Å². The van der Waals surface area contributed by atoms with Crippen molar-refractivity contribution in [1.82, 2.24) is 4.47 Å². The minimum absolute atomic E-state index is 0.104. The van der Waals surface area contributed by atoms with Gasteiger partial charge in [0.05, 0.1) is 29.3 Å². The van der Waals surface area contributed by atoms with Gasteiger partial charge in [-0.25, -0.2) is 0 Å². The number of phenols is 1. The van der Waals surface area contributed by atoms with Gasteiger partial charge in [-0.2, -0.15) is 0 Å². The first-order valence-corrected chi connectivity index (χ1v) is 9.89. The third kappa shape index (κ3) is 4.79. The number of phenolic OH excluding ortho intramolecular Hbond substituents is 1. The molecule has 10 heteroatoms. The second-order valence-electron chi connectivity index (χ2n) is 5.93. The quantitative estimate of drug-likeness (QED) is 0.215. The third-order valence-corrected chi connectivity index (χ3v) is 5.75. The van der Waals surface area contributed by atoms with E-state index >= 15 is 0 Å². The van der Waals surface area contributed by atoms with Crippen LogP contribution in [0.3, 0.4) is 0 Å². The fourth-order valence-corrected chi connectivity index (χ4v) is 3.53. The number of rotatable bonds is 11. The van der Waals surface area contributed by atoms with E-state index < -0.39 is 10.9 Å². The summed E-state index contributed by atoms with van der Waals surface area (Å²) < 4.78 is 6.64. The Bertz CT molecular complexity index is 881. The number of anilines is 3. The van der Waals surface area contributed by atoms with E-state index in [2.05, 4.69) is 10.6 Å². The van der Waals surface area contributed by atoms with Gasteiger partial charge in [-0.05, 0) is 37.4 Å².